The topological polar surface area (TPSA) is 12.0 Å². The van der Waals surface area contributed by atoms with Gasteiger partial charge in [-0.05, 0) is 74.1 Å². The van der Waals surface area contributed by atoms with Crippen LogP contribution in [0.4, 0.5) is 5.69 Å². The molecule has 1 fully saturated rings. The zero-order valence-corrected chi connectivity index (χ0v) is 13.9. The van der Waals surface area contributed by atoms with E-state index in [2.05, 4.69) is 58.1 Å². The molecule has 1 heteroatoms. The molecule has 1 aliphatic carbocycles. The molecule has 0 unspecified atom stereocenters. The largest absolute Gasteiger partial charge is 0.382 e. The Balaban J connectivity index is 1.90. The molecule has 0 radical (unpaired) electrons. The van der Waals surface area contributed by atoms with Crippen molar-refractivity contribution in [2.24, 2.45) is 11.3 Å². The van der Waals surface area contributed by atoms with Crippen LogP contribution in [0, 0.1) is 25.2 Å². The van der Waals surface area contributed by atoms with Gasteiger partial charge < -0.3 is 5.32 Å². The predicted molar refractivity (Wildman–Crippen MR) is 89.4 cm³/mol. The Morgan fingerprint density at radius 3 is 2.25 bits per heavy atom. The van der Waals surface area contributed by atoms with E-state index >= 15 is 0 Å². The van der Waals surface area contributed by atoms with Gasteiger partial charge in [-0.25, -0.2) is 0 Å². The first kappa shape index (κ1) is 15.4. The molecule has 1 aromatic carbocycles. The first-order valence-corrected chi connectivity index (χ1v) is 8.26. The number of anilines is 1. The van der Waals surface area contributed by atoms with Gasteiger partial charge in [0, 0.05) is 11.7 Å². The van der Waals surface area contributed by atoms with Crippen LogP contribution in [-0.4, -0.2) is 6.04 Å². The molecule has 0 heterocycles. The third kappa shape index (κ3) is 3.56. The molecule has 1 nitrogen and oxygen atoms in total. The van der Waals surface area contributed by atoms with Crippen molar-refractivity contribution >= 4 is 5.69 Å². The van der Waals surface area contributed by atoms with Crippen molar-refractivity contribution in [3.63, 3.8) is 0 Å². The van der Waals surface area contributed by atoms with E-state index in [-0.39, 0.29) is 0 Å². The second-order valence-corrected chi connectivity index (χ2v) is 7.33. The lowest BCUT2D eigenvalue weighted by molar-refractivity contribution is 0.147. The summed E-state index contributed by atoms with van der Waals surface area (Å²) in [4.78, 5) is 0. The van der Waals surface area contributed by atoms with Crippen LogP contribution >= 0.6 is 0 Å². The van der Waals surface area contributed by atoms with Crippen molar-refractivity contribution in [3.8, 4) is 0 Å². The van der Waals surface area contributed by atoms with Gasteiger partial charge in [0.25, 0.3) is 0 Å². The third-order valence-corrected chi connectivity index (χ3v) is 5.62. The summed E-state index contributed by atoms with van der Waals surface area (Å²) in [5.74, 6) is 0.908. The average Bonchev–Trinajstić information content (AvgIpc) is 2.43. The standard InChI is InChI=1S/C19H31N/c1-6-19(4,5)16-8-11-17(12-9-16)20-18-10-7-14(2)15(3)13-18/h7,10,13,16-17,20H,6,8-9,11-12H2,1-5H3. The Morgan fingerprint density at radius 2 is 1.70 bits per heavy atom. The van der Waals surface area contributed by atoms with E-state index in [0.717, 1.165) is 5.92 Å². The molecular weight excluding hydrogens is 242 g/mol. The minimum Gasteiger partial charge on any atom is -0.382 e. The maximum atomic E-state index is 3.74. The number of nitrogens with one attached hydrogen (secondary N) is 1. The highest BCUT2D eigenvalue weighted by molar-refractivity contribution is 5.48. The lowest BCUT2D eigenvalue weighted by Gasteiger charge is -2.39. The van der Waals surface area contributed by atoms with Gasteiger partial charge in [0.1, 0.15) is 0 Å². The number of rotatable bonds is 4. The van der Waals surface area contributed by atoms with Crippen LogP contribution < -0.4 is 5.32 Å². The molecule has 0 atom stereocenters. The van der Waals surface area contributed by atoms with Crippen molar-refractivity contribution in [1.29, 1.82) is 0 Å². The number of hydrogen-bond acceptors (Lipinski definition) is 1. The molecule has 0 spiro atoms. The monoisotopic (exact) mass is 273 g/mol. The van der Waals surface area contributed by atoms with E-state index in [1.807, 2.05) is 0 Å². The van der Waals surface area contributed by atoms with Crippen LogP contribution in [0.5, 0.6) is 0 Å². The molecule has 112 valence electrons. The van der Waals surface area contributed by atoms with Crippen LogP contribution in [0.25, 0.3) is 0 Å². The van der Waals surface area contributed by atoms with E-state index in [1.54, 1.807) is 0 Å². The summed E-state index contributed by atoms with van der Waals surface area (Å²) in [6, 6.07) is 7.41. The van der Waals surface area contributed by atoms with E-state index in [0.29, 0.717) is 11.5 Å². The van der Waals surface area contributed by atoms with Gasteiger partial charge in [0.15, 0.2) is 0 Å². The van der Waals surface area contributed by atoms with Gasteiger partial charge in [-0.2, -0.15) is 0 Å². The Hall–Kier alpha value is -0.980. The van der Waals surface area contributed by atoms with E-state index < -0.39 is 0 Å². The average molecular weight is 273 g/mol. The van der Waals surface area contributed by atoms with Gasteiger partial charge >= 0.3 is 0 Å². The molecule has 0 saturated heterocycles. The number of aryl methyl sites for hydroxylation is 2. The highest BCUT2D eigenvalue weighted by Gasteiger charge is 2.31. The molecule has 20 heavy (non-hydrogen) atoms. The Labute approximate surface area is 125 Å². The van der Waals surface area contributed by atoms with E-state index in [9.17, 15) is 0 Å². The maximum Gasteiger partial charge on any atom is 0.0345 e. The first-order chi connectivity index (χ1) is 9.42. The first-order valence-electron chi connectivity index (χ1n) is 8.26. The van der Waals surface area contributed by atoms with Crippen molar-refractivity contribution < 1.29 is 0 Å². The normalized spacial score (nSPS) is 23.6. The number of hydrogen-bond donors (Lipinski definition) is 1. The smallest absolute Gasteiger partial charge is 0.0345 e. The minimum absolute atomic E-state index is 0.519. The second kappa shape index (κ2) is 6.20. The summed E-state index contributed by atoms with van der Waals surface area (Å²) >= 11 is 0. The summed E-state index contributed by atoms with van der Waals surface area (Å²) < 4.78 is 0. The highest BCUT2D eigenvalue weighted by Crippen LogP contribution is 2.40. The molecule has 1 aliphatic rings. The summed E-state index contributed by atoms with van der Waals surface area (Å²) in [6.07, 6.45) is 6.70. The summed E-state index contributed by atoms with van der Waals surface area (Å²) in [5, 5.41) is 3.74. The predicted octanol–water partition coefficient (Wildman–Crippen LogP) is 5.71. The fourth-order valence-corrected chi connectivity index (χ4v) is 3.37. The summed E-state index contributed by atoms with van der Waals surface area (Å²) in [6.45, 7) is 11.6. The van der Waals surface area contributed by atoms with E-state index in [4.69, 9.17) is 0 Å². The number of benzene rings is 1. The van der Waals surface area contributed by atoms with Crippen molar-refractivity contribution in [2.75, 3.05) is 5.32 Å². The van der Waals surface area contributed by atoms with Gasteiger partial charge in [-0.15, -0.1) is 0 Å². The molecule has 0 amide bonds. The Bertz CT molecular complexity index is 439. The van der Waals surface area contributed by atoms with Crippen molar-refractivity contribution in [2.45, 2.75) is 72.8 Å². The van der Waals surface area contributed by atoms with Crippen LogP contribution in [-0.2, 0) is 0 Å². The van der Waals surface area contributed by atoms with Gasteiger partial charge in [-0.1, -0.05) is 33.3 Å². The fraction of sp³-hybridized carbons (Fsp3) is 0.684. The summed E-state index contributed by atoms with van der Waals surface area (Å²) in [7, 11) is 0. The zero-order valence-electron chi connectivity index (χ0n) is 13.9. The van der Waals surface area contributed by atoms with Gasteiger partial charge in [0.2, 0.25) is 0 Å². The SMILES string of the molecule is CCC(C)(C)C1CCC(Nc2ccc(C)c(C)c2)CC1. The second-order valence-electron chi connectivity index (χ2n) is 7.33. The molecule has 1 N–H and O–H groups in total. The lowest BCUT2D eigenvalue weighted by Crippen LogP contribution is -2.32. The molecule has 0 bridgehead atoms. The third-order valence-electron chi connectivity index (χ3n) is 5.62. The van der Waals surface area contributed by atoms with Crippen LogP contribution in [0.3, 0.4) is 0 Å². The zero-order chi connectivity index (χ0) is 14.8. The molecule has 1 saturated carbocycles. The molecule has 1 aromatic rings. The molecule has 2 rings (SSSR count). The van der Waals surface area contributed by atoms with Crippen LogP contribution in [0.15, 0.2) is 18.2 Å². The molecule has 0 aromatic heterocycles. The molecule has 0 aliphatic heterocycles. The van der Waals surface area contributed by atoms with Gasteiger partial charge in [0.05, 0.1) is 0 Å². The van der Waals surface area contributed by atoms with Crippen LogP contribution in [0.2, 0.25) is 0 Å². The quantitative estimate of drug-likeness (QED) is 0.741. The minimum atomic E-state index is 0.519. The van der Waals surface area contributed by atoms with Crippen LogP contribution in [0.1, 0.15) is 64.0 Å². The fourth-order valence-electron chi connectivity index (χ4n) is 3.37. The van der Waals surface area contributed by atoms with Crippen molar-refractivity contribution in [3.05, 3.63) is 29.3 Å². The van der Waals surface area contributed by atoms with Crippen molar-refractivity contribution in [1.82, 2.24) is 0 Å². The maximum absolute atomic E-state index is 3.74. The summed E-state index contributed by atoms with van der Waals surface area (Å²) in [5.41, 5.74) is 4.58. The van der Waals surface area contributed by atoms with Gasteiger partial charge in [-0.3, -0.25) is 0 Å². The Morgan fingerprint density at radius 1 is 1.05 bits per heavy atom. The lowest BCUT2D eigenvalue weighted by atomic mass is 9.69. The highest BCUT2D eigenvalue weighted by atomic mass is 14.9. The van der Waals surface area contributed by atoms with E-state index in [1.165, 1.54) is 48.9 Å². The Kier molecular flexibility index (Phi) is 4.78. The molecular formula is C19H31N.